The molecule has 0 aromatic carbocycles. The summed E-state index contributed by atoms with van der Waals surface area (Å²) < 4.78 is 0. The maximum absolute atomic E-state index is 8.36. The molecule has 5 heteroatoms. The van der Waals surface area contributed by atoms with Gasteiger partial charge in [0.1, 0.15) is 0 Å². The third-order valence-corrected chi connectivity index (χ3v) is 0. The first-order chi connectivity index (χ1) is 3.15. The smallest absolute Gasteiger partial charge is 0.290 e. The molecular formula is C2H7N3O2. The molecule has 7 heavy (non-hydrogen) atoms. The molecule has 0 aromatic rings. The van der Waals surface area contributed by atoms with Crippen LogP contribution in [0.1, 0.15) is 0 Å². The van der Waals surface area contributed by atoms with Crippen LogP contribution in [0.3, 0.4) is 0 Å². The number of nitrogens with two attached hydrogens (primary N) is 2. The van der Waals surface area contributed by atoms with Crippen molar-refractivity contribution in [1.29, 1.82) is 5.41 Å². The van der Waals surface area contributed by atoms with Gasteiger partial charge >= 0.3 is 0 Å². The molecule has 0 aliphatic rings. The van der Waals surface area contributed by atoms with E-state index in [-0.39, 0.29) is 12.4 Å². The maximum Gasteiger partial charge on any atom is 0.290 e. The van der Waals surface area contributed by atoms with E-state index in [1.54, 1.807) is 0 Å². The first-order valence-corrected chi connectivity index (χ1v) is 1.32. The van der Waals surface area contributed by atoms with Crippen LogP contribution in [0.25, 0.3) is 0 Å². The van der Waals surface area contributed by atoms with Gasteiger partial charge in [0.15, 0.2) is 5.96 Å². The first kappa shape index (κ1) is 9.22. The molecule has 0 aliphatic carbocycles. The highest BCUT2D eigenvalue weighted by molar-refractivity contribution is 5.71. The van der Waals surface area contributed by atoms with Gasteiger partial charge in [-0.25, -0.2) is 0 Å². The highest BCUT2D eigenvalue weighted by atomic mass is 16.3. The summed E-state index contributed by atoms with van der Waals surface area (Å²) in [4.78, 5) is 8.36. The Morgan fingerprint density at radius 3 is 1.71 bits per heavy atom. The van der Waals surface area contributed by atoms with Crippen LogP contribution in [0.15, 0.2) is 0 Å². The molecule has 0 bridgehead atoms. The normalized spacial score (nSPS) is 5.14. The Balaban J connectivity index is 0. The molecule has 0 heterocycles. The number of rotatable bonds is 0. The van der Waals surface area contributed by atoms with Gasteiger partial charge in [-0.15, -0.1) is 0 Å². The van der Waals surface area contributed by atoms with E-state index in [0.29, 0.717) is 0 Å². The lowest BCUT2D eigenvalue weighted by molar-refractivity contribution is -0.122. The van der Waals surface area contributed by atoms with Gasteiger partial charge in [-0.05, 0) is 0 Å². The van der Waals surface area contributed by atoms with Crippen molar-refractivity contribution in [2.24, 2.45) is 11.5 Å². The van der Waals surface area contributed by atoms with E-state index < -0.39 is 0 Å². The summed E-state index contributed by atoms with van der Waals surface area (Å²) in [6.07, 6.45) is 0. The number of carboxylic acid groups (broad SMARTS) is 1. The van der Waals surface area contributed by atoms with Crippen molar-refractivity contribution in [2.75, 3.05) is 0 Å². The molecule has 0 amide bonds. The molecule has 0 atom stereocenters. The van der Waals surface area contributed by atoms with Crippen LogP contribution < -0.4 is 11.5 Å². The van der Waals surface area contributed by atoms with Crippen molar-refractivity contribution < 1.29 is 9.90 Å². The van der Waals surface area contributed by atoms with Crippen molar-refractivity contribution in [2.45, 2.75) is 0 Å². The summed E-state index contributed by atoms with van der Waals surface area (Å²) in [5.41, 5.74) is 8.94. The number of nitrogens with one attached hydrogen (secondary N) is 1. The van der Waals surface area contributed by atoms with Gasteiger partial charge in [0.25, 0.3) is 6.47 Å². The zero-order valence-corrected chi connectivity index (χ0v) is 3.59. The minimum absolute atomic E-state index is 0.250. The van der Waals surface area contributed by atoms with Gasteiger partial charge in [-0.1, -0.05) is 0 Å². The molecule has 0 radical (unpaired) electrons. The van der Waals surface area contributed by atoms with Gasteiger partial charge in [-0.2, -0.15) is 0 Å². The minimum atomic E-state index is -0.333. The second-order valence-corrected chi connectivity index (χ2v) is 0.561. The average molecular weight is 105 g/mol. The monoisotopic (exact) mass is 105 g/mol. The molecule has 0 saturated carbocycles. The molecule has 0 aromatic heterocycles. The predicted octanol–water partition coefficient (Wildman–Crippen LogP) is -1.46. The molecule has 0 unspecified atom stereocenters. The van der Waals surface area contributed by atoms with Crippen LogP contribution in [0.4, 0.5) is 0 Å². The molecule has 5 nitrogen and oxygen atoms in total. The Hall–Kier alpha value is -1.26. The first-order valence-electron chi connectivity index (χ1n) is 1.32. The zero-order chi connectivity index (χ0) is 6.28. The fraction of sp³-hybridized carbons (Fsp3) is 0. The third-order valence-electron chi connectivity index (χ3n) is 0. The number of hydrogen-bond acceptors (Lipinski definition) is 2. The standard InChI is InChI=1S/CH5N3.CH2O2/c2-1(3)4;2-1-3/h(H5,2,3,4);1H,(H,2,3). The second kappa shape index (κ2) is 8.83. The largest absolute Gasteiger partial charge is 0.483 e. The summed E-state index contributed by atoms with van der Waals surface area (Å²) in [6.45, 7) is -0.250. The van der Waals surface area contributed by atoms with E-state index in [0.717, 1.165) is 0 Å². The number of carbonyl (C=O) groups is 1. The molecule has 0 aliphatic heterocycles. The third kappa shape index (κ3) is 22.4. The lowest BCUT2D eigenvalue weighted by Gasteiger charge is -1.69. The lowest BCUT2D eigenvalue weighted by Crippen LogP contribution is -2.20. The van der Waals surface area contributed by atoms with Crippen LogP contribution in [0.2, 0.25) is 0 Å². The van der Waals surface area contributed by atoms with Gasteiger partial charge in [0.05, 0.1) is 0 Å². The fourth-order valence-corrected chi connectivity index (χ4v) is 0. The number of hydrogen-bond donors (Lipinski definition) is 4. The van der Waals surface area contributed by atoms with Gasteiger partial charge in [0, 0.05) is 0 Å². The highest BCUT2D eigenvalue weighted by Crippen LogP contribution is 1.13. The van der Waals surface area contributed by atoms with Gasteiger partial charge < -0.3 is 16.6 Å². The summed E-state index contributed by atoms with van der Waals surface area (Å²) in [5, 5.41) is 12.9. The Morgan fingerprint density at radius 1 is 1.71 bits per heavy atom. The molecule has 42 valence electrons. The van der Waals surface area contributed by atoms with Crippen molar-refractivity contribution in [3.05, 3.63) is 0 Å². The molecule has 0 spiro atoms. The Bertz CT molecular complexity index is 58.0. The summed E-state index contributed by atoms with van der Waals surface area (Å²) in [6, 6.07) is 0. The zero-order valence-electron chi connectivity index (χ0n) is 3.59. The van der Waals surface area contributed by atoms with E-state index in [9.17, 15) is 0 Å². The van der Waals surface area contributed by atoms with Gasteiger partial charge in [-0.3, -0.25) is 10.2 Å². The Labute approximate surface area is 40.4 Å². The molecule has 0 rings (SSSR count). The summed E-state index contributed by atoms with van der Waals surface area (Å²) >= 11 is 0. The number of guanidine groups is 1. The van der Waals surface area contributed by atoms with Crippen LogP contribution in [-0.2, 0) is 4.79 Å². The fourth-order valence-electron chi connectivity index (χ4n) is 0. The van der Waals surface area contributed by atoms with Crippen molar-refractivity contribution >= 4 is 12.4 Å². The van der Waals surface area contributed by atoms with E-state index in [4.69, 9.17) is 15.3 Å². The quantitative estimate of drug-likeness (QED) is 0.171. The van der Waals surface area contributed by atoms with Crippen molar-refractivity contribution in [3.8, 4) is 0 Å². The highest BCUT2D eigenvalue weighted by Gasteiger charge is 1.52. The van der Waals surface area contributed by atoms with E-state index >= 15 is 0 Å². The SMILES string of the molecule is N=C(N)N.O=CO. The molecule has 6 N–H and O–H groups in total. The second-order valence-electron chi connectivity index (χ2n) is 0.561. The van der Waals surface area contributed by atoms with Crippen LogP contribution >= 0.6 is 0 Å². The van der Waals surface area contributed by atoms with Gasteiger partial charge in [0.2, 0.25) is 0 Å². The minimum Gasteiger partial charge on any atom is -0.483 e. The maximum atomic E-state index is 8.36. The van der Waals surface area contributed by atoms with E-state index in [1.807, 2.05) is 0 Å². The van der Waals surface area contributed by atoms with Crippen LogP contribution in [0, 0.1) is 5.41 Å². The van der Waals surface area contributed by atoms with Crippen LogP contribution in [0.5, 0.6) is 0 Å². The summed E-state index contributed by atoms with van der Waals surface area (Å²) in [7, 11) is 0. The lowest BCUT2D eigenvalue weighted by atomic mass is 11.1. The topological polar surface area (TPSA) is 113 Å². The van der Waals surface area contributed by atoms with E-state index in [1.165, 1.54) is 0 Å². The molecule has 0 saturated heterocycles. The van der Waals surface area contributed by atoms with Crippen molar-refractivity contribution in [3.63, 3.8) is 0 Å². The summed E-state index contributed by atoms with van der Waals surface area (Å²) in [5.74, 6) is -0.333. The molecular weight excluding hydrogens is 98.0 g/mol. The van der Waals surface area contributed by atoms with Crippen molar-refractivity contribution in [1.82, 2.24) is 0 Å². The predicted molar refractivity (Wildman–Crippen MR) is 24.8 cm³/mol. The Morgan fingerprint density at radius 2 is 1.71 bits per heavy atom. The molecule has 0 fully saturated rings. The Kier molecular flexibility index (Phi) is 11.6. The van der Waals surface area contributed by atoms with E-state index in [2.05, 4.69) is 11.5 Å². The van der Waals surface area contributed by atoms with Crippen LogP contribution in [-0.4, -0.2) is 17.5 Å². The average Bonchev–Trinajstić information content (AvgIpc) is 1.33.